The maximum atomic E-state index is 5.24. The first-order valence-corrected chi connectivity index (χ1v) is 7.03. The van der Waals surface area contributed by atoms with Crippen LogP contribution in [0.15, 0.2) is 72.0 Å². The highest BCUT2D eigenvalue weighted by Gasteiger charge is 1.99. The van der Waals surface area contributed by atoms with Crippen molar-refractivity contribution in [1.29, 1.82) is 0 Å². The third kappa shape index (κ3) is 4.02. The minimum atomic E-state index is 0.440. The Hall–Kier alpha value is -2.95. The molecule has 5 nitrogen and oxygen atoms in total. The predicted molar refractivity (Wildman–Crippen MR) is 84.4 cm³/mol. The maximum absolute atomic E-state index is 5.24. The Bertz CT molecular complexity index is 723. The van der Waals surface area contributed by atoms with Crippen molar-refractivity contribution in [2.75, 3.05) is 0 Å². The van der Waals surface area contributed by atoms with E-state index in [2.05, 4.69) is 27.6 Å². The molecule has 0 N–H and O–H groups in total. The van der Waals surface area contributed by atoms with Crippen LogP contribution in [-0.4, -0.2) is 21.2 Å². The number of hydrogen-bond acceptors (Lipinski definition) is 4. The van der Waals surface area contributed by atoms with Crippen molar-refractivity contribution >= 4 is 6.21 Å². The van der Waals surface area contributed by atoms with Crippen molar-refractivity contribution in [2.45, 2.75) is 13.2 Å². The zero-order chi connectivity index (χ0) is 15.0. The molecule has 0 atom stereocenters. The van der Waals surface area contributed by atoms with Crippen LogP contribution >= 0.6 is 0 Å². The SMILES string of the molecule is C(=N\OCc1ccccc1)/c1cn(Cc2ccccc2)nn1. The number of oxime groups is 1. The molecule has 2 aromatic carbocycles. The van der Waals surface area contributed by atoms with Gasteiger partial charge in [-0.15, -0.1) is 5.10 Å². The molecule has 0 bridgehead atoms. The van der Waals surface area contributed by atoms with Gasteiger partial charge in [0.2, 0.25) is 0 Å². The first-order valence-electron chi connectivity index (χ1n) is 7.03. The largest absolute Gasteiger partial charge is 0.391 e. The number of aromatic nitrogens is 3. The van der Waals surface area contributed by atoms with E-state index in [4.69, 9.17) is 4.84 Å². The number of nitrogens with zero attached hydrogens (tertiary/aromatic N) is 4. The van der Waals surface area contributed by atoms with Crippen molar-refractivity contribution in [3.05, 3.63) is 83.7 Å². The Labute approximate surface area is 128 Å². The molecule has 0 spiro atoms. The van der Waals surface area contributed by atoms with Crippen LogP contribution in [0.5, 0.6) is 0 Å². The highest BCUT2D eigenvalue weighted by molar-refractivity contribution is 5.75. The Kier molecular flexibility index (Phi) is 4.57. The maximum Gasteiger partial charge on any atom is 0.142 e. The van der Waals surface area contributed by atoms with E-state index >= 15 is 0 Å². The molecule has 0 fully saturated rings. The van der Waals surface area contributed by atoms with Crippen molar-refractivity contribution < 1.29 is 4.84 Å². The van der Waals surface area contributed by atoms with E-state index in [1.54, 1.807) is 10.9 Å². The lowest BCUT2D eigenvalue weighted by molar-refractivity contribution is 0.132. The van der Waals surface area contributed by atoms with E-state index < -0.39 is 0 Å². The first kappa shape index (κ1) is 14.0. The monoisotopic (exact) mass is 292 g/mol. The van der Waals surface area contributed by atoms with Gasteiger partial charge in [-0.1, -0.05) is 71.0 Å². The van der Waals surface area contributed by atoms with Crippen LogP contribution < -0.4 is 0 Å². The van der Waals surface area contributed by atoms with E-state index in [1.165, 1.54) is 5.56 Å². The average molecular weight is 292 g/mol. The molecule has 0 unspecified atom stereocenters. The minimum absolute atomic E-state index is 0.440. The molecule has 0 saturated heterocycles. The van der Waals surface area contributed by atoms with Gasteiger partial charge in [-0.3, -0.25) is 0 Å². The zero-order valence-electron chi connectivity index (χ0n) is 12.0. The summed E-state index contributed by atoms with van der Waals surface area (Å²) in [6.45, 7) is 1.13. The summed E-state index contributed by atoms with van der Waals surface area (Å²) in [6.07, 6.45) is 3.40. The van der Waals surface area contributed by atoms with E-state index in [0.29, 0.717) is 18.8 Å². The van der Waals surface area contributed by atoms with Crippen LogP contribution in [0.2, 0.25) is 0 Å². The Balaban J connectivity index is 1.52. The van der Waals surface area contributed by atoms with Crippen LogP contribution in [0.4, 0.5) is 0 Å². The molecule has 22 heavy (non-hydrogen) atoms. The second-order valence-electron chi connectivity index (χ2n) is 4.82. The molecule has 0 aliphatic rings. The van der Waals surface area contributed by atoms with Gasteiger partial charge in [-0.05, 0) is 11.1 Å². The van der Waals surface area contributed by atoms with E-state index in [0.717, 1.165) is 5.56 Å². The summed E-state index contributed by atoms with van der Waals surface area (Å²) in [6, 6.07) is 20.0. The summed E-state index contributed by atoms with van der Waals surface area (Å²) in [7, 11) is 0. The topological polar surface area (TPSA) is 52.3 Å². The second-order valence-corrected chi connectivity index (χ2v) is 4.82. The number of benzene rings is 2. The standard InChI is InChI=1S/C17H16N4O/c1-3-7-15(8-4-1)12-21-13-17(19-20-21)11-18-22-14-16-9-5-2-6-10-16/h1-11,13H,12,14H2/b18-11+. The van der Waals surface area contributed by atoms with Crippen molar-refractivity contribution in [3.8, 4) is 0 Å². The quantitative estimate of drug-likeness (QED) is 0.518. The predicted octanol–water partition coefficient (Wildman–Crippen LogP) is 2.88. The fourth-order valence-electron chi connectivity index (χ4n) is 2.00. The van der Waals surface area contributed by atoms with Crippen LogP contribution in [-0.2, 0) is 18.0 Å². The summed E-state index contributed by atoms with van der Waals surface area (Å²) in [5, 5.41) is 12.0. The smallest absolute Gasteiger partial charge is 0.142 e. The van der Waals surface area contributed by atoms with Gasteiger partial charge in [0.25, 0.3) is 0 Å². The summed E-state index contributed by atoms with van der Waals surface area (Å²) in [5.41, 5.74) is 2.92. The lowest BCUT2D eigenvalue weighted by Gasteiger charge is -1.99. The molecule has 0 amide bonds. The van der Waals surface area contributed by atoms with Crippen LogP contribution in [0, 0.1) is 0 Å². The Morgan fingerprint density at radius 2 is 1.64 bits per heavy atom. The third-order valence-electron chi connectivity index (χ3n) is 3.08. The lowest BCUT2D eigenvalue weighted by atomic mass is 10.2. The molecule has 0 saturated carbocycles. The number of rotatable bonds is 6. The second kappa shape index (κ2) is 7.17. The summed E-state index contributed by atoms with van der Waals surface area (Å²) in [5.74, 6) is 0. The third-order valence-corrected chi connectivity index (χ3v) is 3.08. The highest BCUT2D eigenvalue weighted by Crippen LogP contribution is 2.02. The van der Waals surface area contributed by atoms with Crippen LogP contribution in [0.1, 0.15) is 16.8 Å². The fraction of sp³-hybridized carbons (Fsp3) is 0.118. The van der Waals surface area contributed by atoms with Crippen molar-refractivity contribution in [3.63, 3.8) is 0 Å². The Morgan fingerprint density at radius 1 is 0.955 bits per heavy atom. The molecule has 3 rings (SSSR count). The molecular formula is C17H16N4O. The molecule has 0 aliphatic heterocycles. The Morgan fingerprint density at radius 3 is 2.36 bits per heavy atom. The van der Waals surface area contributed by atoms with E-state index in [1.807, 2.05) is 54.7 Å². The van der Waals surface area contributed by atoms with Crippen LogP contribution in [0.3, 0.4) is 0 Å². The lowest BCUT2D eigenvalue weighted by Crippen LogP contribution is -1.99. The molecule has 1 heterocycles. The normalized spacial score (nSPS) is 10.9. The summed E-state index contributed by atoms with van der Waals surface area (Å²) < 4.78 is 1.77. The molecule has 5 heteroatoms. The highest BCUT2D eigenvalue weighted by atomic mass is 16.6. The summed E-state index contributed by atoms with van der Waals surface area (Å²) >= 11 is 0. The van der Waals surface area contributed by atoms with Crippen molar-refractivity contribution in [1.82, 2.24) is 15.0 Å². The molecule has 0 radical (unpaired) electrons. The van der Waals surface area contributed by atoms with Gasteiger partial charge in [0.1, 0.15) is 12.3 Å². The summed E-state index contributed by atoms with van der Waals surface area (Å²) in [4.78, 5) is 5.24. The molecule has 3 aromatic rings. The van der Waals surface area contributed by atoms with Gasteiger partial charge >= 0.3 is 0 Å². The molecule has 0 aliphatic carbocycles. The fourth-order valence-corrected chi connectivity index (χ4v) is 2.00. The van der Waals surface area contributed by atoms with Gasteiger partial charge in [0, 0.05) is 0 Å². The van der Waals surface area contributed by atoms with Gasteiger partial charge in [-0.25, -0.2) is 4.68 Å². The van der Waals surface area contributed by atoms with Gasteiger partial charge < -0.3 is 4.84 Å². The molecule has 1 aromatic heterocycles. The van der Waals surface area contributed by atoms with E-state index in [9.17, 15) is 0 Å². The van der Waals surface area contributed by atoms with Gasteiger partial charge in [0.15, 0.2) is 0 Å². The number of hydrogen-bond donors (Lipinski definition) is 0. The van der Waals surface area contributed by atoms with Crippen molar-refractivity contribution in [2.24, 2.45) is 5.16 Å². The minimum Gasteiger partial charge on any atom is -0.391 e. The molecule has 110 valence electrons. The van der Waals surface area contributed by atoms with Crippen LogP contribution in [0.25, 0.3) is 0 Å². The van der Waals surface area contributed by atoms with Gasteiger partial charge in [-0.2, -0.15) is 0 Å². The average Bonchev–Trinajstić information content (AvgIpc) is 3.01. The van der Waals surface area contributed by atoms with E-state index in [-0.39, 0.29) is 0 Å². The first-order chi connectivity index (χ1) is 10.9. The molecular weight excluding hydrogens is 276 g/mol. The zero-order valence-corrected chi connectivity index (χ0v) is 12.0. The van der Waals surface area contributed by atoms with Gasteiger partial charge in [0.05, 0.1) is 19.0 Å².